The van der Waals surface area contributed by atoms with Crippen LogP contribution in [0.5, 0.6) is 5.75 Å². The Morgan fingerprint density at radius 3 is 2.30 bits per heavy atom. The van der Waals surface area contributed by atoms with Gasteiger partial charge in [0, 0.05) is 41.9 Å². The summed E-state index contributed by atoms with van der Waals surface area (Å²) in [6, 6.07) is 23.7. The molecule has 3 aromatic heterocycles. The number of hydrogen-bond acceptors (Lipinski definition) is 6. The van der Waals surface area contributed by atoms with Gasteiger partial charge < -0.3 is 20.1 Å². The van der Waals surface area contributed by atoms with E-state index in [0.717, 1.165) is 5.56 Å². The van der Waals surface area contributed by atoms with Gasteiger partial charge in [-0.1, -0.05) is 60.7 Å². The molecule has 0 spiro atoms. The van der Waals surface area contributed by atoms with Crippen molar-refractivity contribution < 1.29 is 19.8 Å². The van der Waals surface area contributed by atoms with E-state index in [4.69, 9.17) is 5.11 Å². The Morgan fingerprint density at radius 1 is 0.925 bits per heavy atom. The van der Waals surface area contributed by atoms with Gasteiger partial charge in [0.15, 0.2) is 11.4 Å². The predicted octanol–water partition coefficient (Wildman–Crippen LogP) is 4.47. The topological polar surface area (TPSA) is 134 Å². The number of aromatic hydroxyl groups is 1. The largest absolute Gasteiger partial charge is 0.505 e. The number of amides is 1. The first-order valence-corrected chi connectivity index (χ1v) is 12.7. The summed E-state index contributed by atoms with van der Waals surface area (Å²) in [7, 11) is 0. The molecule has 5 aromatic rings. The van der Waals surface area contributed by atoms with Gasteiger partial charge in [-0.3, -0.25) is 19.4 Å². The predicted molar refractivity (Wildman–Crippen MR) is 151 cm³/mol. The standard InChI is InChI=1S/C31H26N4O5/c36-25(37)14-8-16-33-30(39)27-29(38)24-17-23(21-11-5-2-6-12-21)31(40)35(19-20-9-3-1-4-10-20)28(24)26(34-27)22-13-7-15-32-18-22/h1-7,9-13,15,17-18,38H,8,14,16,19H2,(H,33,39)(H,36,37). The van der Waals surface area contributed by atoms with Crippen LogP contribution >= 0.6 is 0 Å². The normalized spacial score (nSPS) is 10.9. The van der Waals surface area contributed by atoms with E-state index in [0.29, 0.717) is 27.9 Å². The van der Waals surface area contributed by atoms with E-state index in [1.54, 1.807) is 35.2 Å². The molecule has 200 valence electrons. The van der Waals surface area contributed by atoms with Gasteiger partial charge in [0.2, 0.25) is 0 Å². The second kappa shape index (κ2) is 11.6. The Kier molecular flexibility index (Phi) is 7.63. The first-order valence-electron chi connectivity index (χ1n) is 12.7. The maximum absolute atomic E-state index is 14.0. The fourth-order valence-corrected chi connectivity index (χ4v) is 4.58. The van der Waals surface area contributed by atoms with E-state index in [2.05, 4.69) is 15.3 Å². The number of carbonyl (C=O) groups is 2. The molecule has 40 heavy (non-hydrogen) atoms. The Hall–Kier alpha value is -5.31. The minimum Gasteiger partial charge on any atom is -0.505 e. The summed E-state index contributed by atoms with van der Waals surface area (Å²) in [5.74, 6) is -2.00. The highest BCUT2D eigenvalue weighted by Crippen LogP contribution is 2.36. The lowest BCUT2D eigenvalue weighted by atomic mass is 10.0. The third-order valence-corrected chi connectivity index (χ3v) is 6.49. The number of carboxylic acid groups (broad SMARTS) is 1. The zero-order valence-corrected chi connectivity index (χ0v) is 21.4. The van der Waals surface area contributed by atoms with Crippen LogP contribution in [0.3, 0.4) is 0 Å². The number of carbonyl (C=O) groups excluding carboxylic acids is 1. The second-order valence-corrected chi connectivity index (χ2v) is 9.22. The fourth-order valence-electron chi connectivity index (χ4n) is 4.58. The van der Waals surface area contributed by atoms with Crippen LogP contribution < -0.4 is 10.9 Å². The van der Waals surface area contributed by atoms with Gasteiger partial charge in [-0.25, -0.2) is 4.98 Å². The number of fused-ring (bicyclic) bond motifs is 1. The zero-order valence-electron chi connectivity index (χ0n) is 21.4. The molecule has 2 aromatic carbocycles. The van der Waals surface area contributed by atoms with Crippen molar-refractivity contribution in [2.45, 2.75) is 19.4 Å². The van der Waals surface area contributed by atoms with Gasteiger partial charge in [0.25, 0.3) is 11.5 Å². The monoisotopic (exact) mass is 534 g/mol. The van der Waals surface area contributed by atoms with Gasteiger partial charge >= 0.3 is 5.97 Å². The summed E-state index contributed by atoms with van der Waals surface area (Å²) in [6.45, 7) is 0.293. The number of rotatable bonds is 9. The molecule has 3 N–H and O–H groups in total. The number of hydrogen-bond donors (Lipinski definition) is 3. The van der Waals surface area contributed by atoms with Gasteiger partial charge in [0.05, 0.1) is 17.8 Å². The van der Waals surface area contributed by atoms with Crippen molar-refractivity contribution in [3.63, 3.8) is 0 Å². The van der Waals surface area contributed by atoms with Gasteiger partial charge in [-0.05, 0) is 35.7 Å². The first-order chi connectivity index (χ1) is 19.4. The minimum absolute atomic E-state index is 0.0925. The van der Waals surface area contributed by atoms with Crippen LogP contribution in [0.4, 0.5) is 0 Å². The molecule has 1 amide bonds. The zero-order chi connectivity index (χ0) is 28.1. The molecule has 0 aliphatic heterocycles. The van der Waals surface area contributed by atoms with Crippen LogP contribution in [0.15, 0.2) is 96.1 Å². The average Bonchev–Trinajstić information content (AvgIpc) is 2.98. The van der Waals surface area contributed by atoms with E-state index in [1.165, 1.54) is 0 Å². The Morgan fingerprint density at radius 2 is 1.62 bits per heavy atom. The van der Waals surface area contributed by atoms with E-state index in [1.807, 2.05) is 60.7 Å². The molecule has 0 radical (unpaired) electrons. The molecule has 5 rings (SSSR count). The SMILES string of the molecule is O=C(O)CCCNC(=O)c1nc(-c2cccnc2)c2c(cc(-c3ccccc3)c(=O)n2Cc2ccccc2)c1O. The van der Waals surface area contributed by atoms with Crippen LogP contribution in [0, 0.1) is 0 Å². The molecule has 0 unspecified atom stereocenters. The average molecular weight is 535 g/mol. The summed E-state index contributed by atoms with van der Waals surface area (Å²) in [4.78, 5) is 46.8. The molecular weight excluding hydrogens is 508 g/mol. The third-order valence-electron chi connectivity index (χ3n) is 6.49. The Labute approximate surface area is 229 Å². The van der Waals surface area contributed by atoms with E-state index >= 15 is 0 Å². The molecule has 9 heteroatoms. The molecule has 3 heterocycles. The van der Waals surface area contributed by atoms with Crippen molar-refractivity contribution >= 4 is 22.8 Å². The molecule has 0 bridgehead atoms. The first kappa shape index (κ1) is 26.3. The quantitative estimate of drug-likeness (QED) is 0.238. The lowest BCUT2D eigenvalue weighted by molar-refractivity contribution is -0.137. The van der Waals surface area contributed by atoms with Crippen LogP contribution in [0.25, 0.3) is 33.3 Å². The van der Waals surface area contributed by atoms with Crippen molar-refractivity contribution in [3.05, 3.63) is 113 Å². The summed E-state index contributed by atoms with van der Waals surface area (Å²) in [5, 5.41) is 23.3. The smallest absolute Gasteiger partial charge is 0.303 e. The van der Waals surface area contributed by atoms with Crippen molar-refractivity contribution in [1.82, 2.24) is 19.9 Å². The molecular formula is C31H26N4O5. The summed E-state index contributed by atoms with van der Waals surface area (Å²) < 4.78 is 1.57. The van der Waals surface area contributed by atoms with Crippen molar-refractivity contribution in [2.24, 2.45) is 0 Å². The highest BCUT2D eigenvalue weighted by atomic mass is 16.4. The Bertz CT molecular complexity index is 1740. The van der Waals surface area contributed by atoms with Crippen LogP contribution in [0.2, 0.25) is 0 Å². The minimum atomic E-state index is -0.968. The highest BCUT2D eigenvalue weighted by molar-refractivity contribution is 6.05. The van der Waals surface area contributed by atoms with Gasteiger partial charge in [0.1, 0.15) is 0 Å². The van der Waals surface area contributed by atoms with Crippen molar-refractivity contribution in [1.29, 1.82) is 0 Å². The number of aromatic nitrogens is 3. The van der Waals surface area contributed by atoms with Crippen molar-refractivity contribution in [3.8, 4) is 28.1 Å². The number of nitrogens with zero attached hydrogens (tertiary/aromatic N) is 3. The second-order valence-electron chi connectivity index (χ2n) is 9.22. The molecule has 0 aliphatic rings. The molecule has 0 saturated carbocycles. The maximum atomic E-state index is 14.0. The number of benzene rings is 2. The number of aliphatic carboxylic acids is 1. The van der Waals surface area contributed by atoms with Crippen LogP contribution in [0.1, 0.15) is 28.9 Å². The molecule has 0 fully saturated rings. The molecule has 0 saturated heterocycles. The lowest BCUT2D eigenvalue weighted by Gasteiger charge is -2.19. The molecule has 0 atom stereocenters. The van der Waals surface area contributed by atoms with E-state index in [9.17, 15) is 19.5 Å². The summed E-state index contributed by atoms with van der Waals surface area (Å²) >= 11 is 0. The fraction of sp³-hybridized carbons (Fsp3) is 0.129. The van der Waals surface area contributed by atoms with Gasteiger partial charge in [-0.2, -0.15) is 0 Å². The van der Waals surface area contributed by atoms with Crippen LogP contribution in [-0.2, 0) is 11.3 Å². The van der Waals surface area contributed by atoms with Crippen LogP contribution in [-0.4, -0.2) is 43.2 Å². The molecule has 0 aliphatic carbocycles. The third kappa shape index (κ3) is 5.44. The van der Waals surface area contributed by atoms with E-state index in [-0.39, 0.29) is 48.3 Å². The molecule has 9 nitrogen and oxygen atoms in total. The summed E-state index contributed by atoms with van der Waals surface area (Å²) in [6.07, 6.45) is 3.30. The van der Waals surface area contributed by atoms with Gasteiger partial charge in [-0.15, -0.1) is 0 Å². The number of nitrogens with one attached hydrogen (secondary N) is 1. The number of pyridine rings is 3. The number of carboxylic acids is 1. The van der Waals surface area contributed by atoms with Crippen molar-refractivity contribution in [2.75, 3.05) is 6.54 Å². The Balaban J connectivity index is 1.78. The lowest BCUT2D eigenvalue weighted by Crippen LogP contribution is -2.27. The highest BCUT2D eigenvalue weighted by Gasteiger charge is 2.24. The summed E-state index contributed by atoms with van der Waals surface area (Å²) in [5.41, 5.74) is 2.61. The maximum Gasteiger partial charge on any atom is 0.303 e. The van der Waals surface area contributed by atoms with E-state index < -0.39 is 11.9 Å².